The Morgan fingerprint density at radius 3 is 2.47 bits per heavy atom. The van der Waals surface area contributed by atoms with E-state index in [0.29, 0.717) is 6.61 Å². The SMILES string of the molecule is CCOC(=O)C(CC)N1CCNCC1.Cl. The summed E-state index contributed by atoms with van der Waals surface area (Å²) in [4.78, 5) is 13.8. The van der Waals surface area contributed by atoms with Crippen LogP contribution in [0.2, 0.25) is 0 Å². The number of carbonyl (C=O) groups excluding carboxylic acids is 1. The second-order valence-corrected chi connectivity index (χ2v) is 3.46. The van der Waals surface area contributed by atoms with Crippen LogP contribution < -0.4 is 5.32 Å². The van der Waals surface area contributed by atoms with Gasteiger partial charge in [0.05, 0.1) is 6.61 Å². The third kappa shape index (κ3) is 4.36. The molecular weight excluding hydrogens is 216 g/mol. The fourth-order valence-electron chi connectivity index (χ4n) is 1.81. The topological polar surface area (TPSA) is 41.6 Å². The van der Waals surface area contributed by atoms with Crippen molar-refractivity contribution in [3.63, 3.8) is 0 Å². The maximum atomic E-state index is 11.6. The zero-order valence-electron chi connectivity index (χ0n) is 9.49. The summed E-state index contributed by atoms with van der Waals surface area (Å²) >= 11 is 0. The van der Waals surface area contributed by atoms with E-state index in [2.05, 4.69) is 10.2 Å². The van der Waals surface area contributed by atoms with E-state index < -0.39 is 0 Å². The summed E-state index contributed by atoms with van der Waals surface area (Å²) in [6.45, 7) is 8.17. The number of piperazine rings is 1. The molecule has 0 saturated carbocycles. The van der Waals surface area contributed by atoms with Crippen molar-refractivity contribution in [3.8, 4) is 0 Å². The summed E-state index contributed by atoms with van der Waals surface area (Å²) in [5, 5.41) is 3.27. The minimum Gasteiger partial charge on any atom is -0.465 e. The van der Waals surface area contributed by atoms with Gasteiger partial charge in [-0.15, -0.1) is 12.4 Å². The van der Waals surface area contributed by atoms with E-state index in [1.807, 2.05) is 13.8 Å². The Bertz CT molecular complexity index is 184. The number of rotatable bonds is 4. The Balaban J connectivity index is 0.00000196. The van der Waals surface area contributed by atoms with Crippen LogP contribution in [-0.2, 0) is 9.53 Å². The molecule has 1 heterocycles. The number of nitrogens with zero attached hydrogens (tertiary/aromatic N) is 1. The van der Waals surface area contributed by atoms with Crippen molar-refractivity contribution in [3.05, 3.63) is 0 Å². The molecule has 0 aliphatic carbocycles. The minimum absolute atomic E-state index is 0. The standard InChI is InChI=1S/C10H20N2O2.ClH/c1-3-9(10(13)14-4-2)12-7-5-11-6-8-12;/h9,11H,3-8H2,1-2H3;1H. The first-order valence-corrected chi connectivity index (χ1v) is 5.41. The van der Waals surface area contributed by atoms with Gasteiger partial charge in [0, 0.05) is 26.2 Å². The smallest absolute Gasteiger partial charge is 0.323 e. The first kappa shape index (κ1) is 14.7. The van der Waals surface area contributed by atoms with Crippen LogP contribution in [0.25, 0.3) is 0 Å². The molecule has 1 saturated heterocycles. The van der Waals surface area contributed by atoms with E-state index in [0.717, 1.165) is 32.6 Å². The molecule has 0 amide bonds. The van der Waals surface area contributed by atoms with E-state index in [1.54, 1.807) is 0 Å². The van der Waals surface area contributed by atoms with Crippen LogP contribution in [0, 0.1) is 0 Å². The molecule has 0 aromatic carbocycles. The highest BCUT2D eigenvalue weighted by atomic mass is 35.5. The van der Waals surface area contributed by atoms with Crippen LogP contribution in [0.15, 0.2) is 0 Å². The normalized spacial score (nSPS) is 19.1. The third-order valence-electron chi connectivity index (χ3n) is 2.54. The van der Waals surface area contributed by atoms with Gasteiger partial charge in [0.15, 0.2) is 0 Å². The van der Waals surface area contributed by atoms with Gasteiger partial charge in [0.2, 0.25) is 0 Å². The van der Waals surface area contributed by atoms with E-state index >= 15 is 0 Å². The molecule has 5 heteroatoms. The van der Waals surface area contributed by atoms with E-state index in [-0.39, 0.29) is 24.4 Å². The van der Waals surface area contributed by atoms with Crippen LogP contribution in [0.3, 0.4) is 0 Å². The van der Waals surface area contributed by atoms with Crippen molar-refractivity contribution >= 4 is 18.4 Å². The van der Waals surface area contributed by atoms with Crippen molar-refractivity contribution in [1.82, 2.24) is 10.2 Å². The predicted molar refractivity (Wildman–Crippen MR) is 62.4 cm³/mol. The molecule has 0 aromatic heterocycles. The molecule has 1 unspecified atom stereocenters. The number of hydrogen-bond donors (Lipinski definition) is 1. The Labute approximate surface area is 97.8 Å². The summed E-state index contributed by atoms with van der Waals surface area (Å²) in [5.74, 6) is -0.0723. The quantitative estimate of drug-likeness (QED) is 0.728. The zero-order chi connectivity index (χ0) is 10.4. The van der Waals surface area contributed by atoms with Gasteiger partial charge in [-0.1, -0.05) is 6.92 Å². The van der Waals surface area contributed by atoms with Gasteiger partial charge >= 0.3 is 5.97 Å². The van der Waals surface area contributed by atoms with E-state index in [4.69, 9.17) is 4.74 Å². The number of nitrogens with one attached hydrogen (secondary N) is 1. The summed E-state index contributed by atoms with van der Waals surface area (Å²) < 4.78 is 5.05. The molecule has 1 aliphatic rings. The average molecular weight is 237 g/mol. The van der Waals surface area contributed by atoms with Crippen molar-refractivity contribution in [2.75, 3.05) is 32.8 Å². The van der Waals surface area contributed by atoms with Gasteiger partial charge in [-0.05, 0) is 13.3 Å². The monoisotopic (exact) mass is 236 g/mol. The molecule has 0 aromatic rings. The van der Waals surface area contributed by atoms with Gasteiger partial charge in [-0.25, -0.2) is 0 Å². The summed E-state index contributed by atoms with van der Waals surface area (Å²) in [7, 11) is 0. The molecule has 4 nitrogen and oxygen atoms in total. The fraction of sp³-hybridized carbons (Fsp3) is 0.900. The second-order valence-electron chi connectivity index (χ2n) is 3.46. The van der Waals surface area contributed by atoms with Crippen molar-refractivity contribution in [1.29, 1.82) is 0 Å². The lowest BCUT2D eigenvalue weighted by molar-refractivity contribution is -0.150. The van der Waals surface area contributed by atoms with Crippen molar-refractivity contribution in [2.24, 2.45) is 0 Å². The number of carbonyl (C=O) groups is 1. The van der Waals surface area contributed by atoms with Crippen LogP contribution >= 0.6 is 12.4 Å². The molecular formula is C10H21ClN2O2. The fourth-order valence-corrected chi connectivity index (χ4v) is 1.81. The largest absolute Gasteiger partial charge is 0.465 e. The molecule has 0 bridgehead atoms. The molecule has 1 aliphatic heterocycles. The highest BCUT2D eigenvalue weighted by Crippen LogP contribution is 2.07. The van der Waals surface area contributed by atoms with Crippen LogP contribution in [-0.4, -0.2) is 49.7 Å². The third-order valence-corrected chi connectivity index (χ3v) is 2.54. The summed E-state index contributed by atoms with van der Waals surface area (Å²) in [5.41, 5.74) is 0. The van der Waals surface area contributed by atoms with E-state index in [1.165, 1.54) is 0 Å². The maximum absolute atomic E-state index is 11.6. The van der Waals surface area contributed by atoms with Crippen LogP contribution in [0.1, 0.15) is 20.3 Å². The predicted octanol–water partition coefficient (Wildman–Crippen LogP) is 0.655. The molecule has 1 fully saturated rings. The molecule has 1 atom stereocenters. The van der Waals surface area contributed by atoms with Crippen LogP contribution in [0.5, 0.6) is 0 Å². The first-order chi connectivity index (χ1) is 6.79. The number of esters is 1. The molecule has 0 spiro atoms. The maximum Gasteiger partial charge on any atom is 0.323 e. The van der Waals surface area contributed by atoms with Gasteiger partial charge in [0.25, 0.3) is 0 Å². The van der Waals surface area contributed by atoms with Gasteiger partial charge < -0.3 is 10.1 Å². The molecule has 0 radical (unpaired) electrons. The van der Waals surface area contributed by atoms with Gasteiger partial charge in [0.1, 0.15) is 6.04 Å². The summed E-state index contributed by atoms with van der Waals surface area (Å²) in [6.07, 6.45) is 0.832. The van der Waals surface area contributed by atoms with Crippen molar-refractivity contribution < 1.29 is 9.53 Å². The lowest BCUT2D eigenvalue weighted by atomic mass is 10.1. The van der Waals surface area contributed by atoms with Gasteiger partial charge in [-0.3, -0.25) is 9.69 Å². The Hall–Kier alpha value is -0.320. The van der Waals surface area contributed by atoms with Crippen molar-refractivity contribution in [2.45, 2.75) is 26.3 Å². The number of hydrogen-bond acceptors (Lipinski definition) is 4. The molecule has 1 N–H and O–H groups in total. The second kappa shape index (κ2) is 7.91. The lowest BCUT2D eigenvalue weighted by Crippen LogP contribution is -2.51. The lowest BCUT2D eigenvalue weighted by Gasteiger charge is -2.32. The molecule has 90 valence electrons. The number of ether oxygens (including phenoxy) is 1. The Kier molecular flexibility index (Phi) is 7.74. The zero-order valence-corrected chi connectivity index (χ0v) is 10.3. The molecule has 1 rings (SSSR count). The highest BCUT2D eigenvalue weighted by Gasteiger charge is 2.26. The van der Waals surface area contributed by atoms with Gasteiger partial charge in [-0.2, -0.15) is 0 Å². The average Bonchev–Trinajstić information content (AvgIpc) is 2.21. The van der Waals surface area contributed by atoms with Crippen LogP contribution in [0.4, 0.5) is 0 Å². The molecule has 15 heavy (non-hydrogen) atoms. The van der Waals surface area contributed by atoms with E-state index in [9.17, 15) is 4.79 Å². The Morgan fingerprint density at radius 1 is 1.40 bits per heavy atom. The minimum atomic E-state index is -0.0723. The highest BCUT2D eigenvalue weighted by molar-refractivity contribution is 5.85. The first-order valence-electron chi connectivity index (χ1n) is 5.41. The Morgan fingerprint density at radius 2 is 2.00 bits per heavy atom. The number of halogens is 1. The summed E-state index contributed by atoms with van der Waals surface area (Å²) in [6, 6.07) is -0.0444.